The summed E-state index contributed by atoms with van der Waals surface area (Å²) < 4.78 is 11.3. The molecular formula is C24H28N4O2. The Kier molecular flexibility index (Phi) is 7.66. The number of rotatable bonds is 8. The summed E-state index contributed by atoms with van der Waals surface area (Å²) in [6.07, 6.45) is 1.75. The van der Waals surface area contributed by atoms with Gasteiger partial charge in [0.2, 0.25) is 5.88 Å². The van der Waals surface area contributed by atoms with Crippen molar-refractivity contribution < 1.29 is 9.47 Å². The number of aryl methyl sites for hydroxylation is 1. The van der Waals surface area contributed by atoms with Gasteiger partial charge in [0.05, 0.1) is 7.11 Å². The van der Waals surface area contributed by atoms with Crippen molar-refractivity contribution in [1.82, 2.24) is 15.6 Å². The van der Waals surface area contributed by atoms with Crippen LogP contribution in [-0.2, 0) is 19.7 Å². The van der Waals surface area contributed by atoms with Gasteiger partial charge in [0.15, 0.2) is 5.96 Å². The fourth-order valence-electron chi connectivity index (χ4n) is 2.95. The second kappa shape index (κ2) is 10.9. The lowest BCUT2D eigenvalue weighted by atomic mass is 10.1. The summed E-state index contributed by atoms with van der Waals surface area (Å²) in [5.74, 6) is 2.18. The van der Waals surface area contributed by atoms with Crippen molar-refractivity contribution in [3.63, 3.8) is 0 Å². The Morgan fingerprint density at radius 1 is 0.967 bits per heavy atom. The zero-order valence-electron chi connectivity index (χ0n) is 17.7. The fraction of sp³-hybridized carbons (Fsp3) is 0.250. The maximum Gasteiger partial charge on any atom is 0.213 e. The Balaban J connectivity index is 1.52. The Hall–Kier alpha value is -3.54. The highest BCUT2D eigenvalue weighted by molar-refractivity contribution is 5.79. The lowest BCUT2D eigenvalue weighted by Gasteiger charge is -2.14. The SMILES string of the molecule is CN=C(NCc1ccnc(OCc2ccccc2)c1)NCc1ccc(C)cc1OC. The van der Waals surface area contributed by atoms with Gasteiger partial charge in [-0.15, -0.1) is 0 Å². The molecule has 2 aromatic carbocycles. The lowest BCUT2D eigenvalue weighted by Crippen LogP contribution is -2.36. The highest BCUT2D eigenvalue weighted by atomic mass is 16.5. The first-order valence-corrected chi connectivity index (χ1v) is 9.87. The van der Waals surface area contributed by atoms with Crippen LogP contribution in [0.5, 0.6) is 11.6 Å². The summed E-state index contributed by atoms with van der Waals surface area (Å²) in [7, 11) is 3.44. The second-order valence-electron chi connectivity index (χ2n) is 6.87. The van der Waals surface area contributed by atoms with E-state index in [-0.39, 0.29) is 0 Å². The summed E-state index contributed by atoms with van der Waals surface area (Å²) in [4.78, 5) is 8.59. The maximum absolute atomic E-state index is 5.81. The zero-order chi connectivity index (χ0) is 21.2. The van der Waals surface area contributed by atoms with Crippen LogP contribution in [-0.4, -0.2) is 25.1 Å². The number of nitrogens with one attached hydrogen (secondary N) is 2. The minimum Gasteiger partial charge on any atom is -0.496 e. The van der Waals surface area contributed by atoms with Crippen LogP contribution in [0.3, 0.4) is 0 Å². The number of benzene rings is 2. The summed E-state index contributed by atoms with van der Waals surface area (Å²) >= 11 is 0. The molecule has 0 bridgehead atoms. The number of hydrogen-bond donors (Lipinski definition) is 2. The fourth-order valence-corrected chi connectivity index (χ4v) is 2.95. The quantitative estimate of drug-likeness (QED) is 0.441. The number of hydrogen-bond acceptors (Lipinski definition) is 4. The average molecular weight is 405 g/mol. The zero-order valence-corrected chi connectivity index (χ0v) is 17.7. The number of aliphatic imine (C=N–C) groups is 1. The molecule has 0 saturated carbocycles. The number of ether oxygens (including phenoxy) is 2. The summed E-state index contributed by atoms with van der Waals surface area (Å²) in [5.41, 5.74) is 4.41. The van der Waals surface area contributed by atoms with E-state index < -0.39 is 0 Å². The third kappa shape index (κ3) is 6.24. The van der Waals surface area contributed by atoms with Gasteiger partial charge >= 0.3 is 0 Å². The van der Waals surface area contributed by atoms with Gasteiger partial charge in [-0.2, -0.15) is 0 Å². The van der Waals surface area contributed by atoms with Gasteiger partial charge in [0, 0.05) is 38.0 Å². The first-order chi connectivity index (χ1) is 14.7. The molecule has 0 aliphatic rings. The number of aromatic nitrogens is 1. The lowest BCUT2D eigenvalue weighted by molar-refractivity contribution is 0.293. The van der Waals surface area contributed by atoms with Gasteiger partial charge < -0.3 is 20.1 Å². The Labute approximate surface area is 178 Å². The van der Waals surface area contributed by atoms with E-state index in [2.05, 4.69) is 32.7 Å². The molecule has 0 atom stereocenters. The summed E-state index contributed by atoms with van der Waals surface area (Å²) in [5, 5.41) is 6.64. The van der Waals surface area contributed by atoms with E-state index in [4.69, 9.17) is 9.47 Å². The molecule has 3 aromatic rings. The van der Waals surface area contributed by atoms with Crippen molar-refractivity contribution in [3.8, 4) is 11.6 Å². The summed E-state index contributed by atoms with van der Waals surface area (Å²) in [6, 6.07) is 20.1. The molecular weight excluding hydrogens is 376 g/mol. The topological polar surface area (TPSA) is 67.8 Å². The van der Waals surface area contributed by atoms with Gasteiger partial charge in [-0.3, -0.25) is 4.99 Å². The molecule has 6 heteroatoms. The molecule has 0 aliphatic carbocycles. The van der Waals surface area contributed by atoms with Crippen LogP contribution in [0, 0.1) is 6.92 Å². The van der Waals surface area contributed by atoms with E-state index in [1.165, 1.54) is 5.56 Å². The van der Waals surface area contributed by atoms with Gasteiger partial charge in [-0.1, -0.05) is 42.5 Å². The van der Waals surface area contributed by atoms with Gasteiger partial charge in [0.25, 0.3) is 0 Å². The molecule has 0 amide bonds. The van der Waals surface area contributed by atoms with Crippen molar-refractivity contribution in [2.24, 2.45) is 4.99 Å². The molecule has 0 spiro atoms. The summed E-state index contributed by atoms with van der Waals surface area (Å²) in [6.45, 7) is 3.76. The van der Waals surface area contributed by atoms with Gasteiger partial charge in [-0.25, -0.2) is 4.98 Å². The standard InChI is InChI=1S/C24H28N4O2/c1-18-9-10-21(22(13-18)29-3)16-28-24(25-2)27-15-20-11-12-26-23(14-20)30-17-19-7-5-4-6-8-19/h4-14H,15-17H2,1-3H3,(H2,25,27,28). The minimum atomic E-state index is 0.492. The molecule has 1 heterocycles. The van der Waals surface area contributed by atoms with Crippen LogP contribution < -0.4 is 20.1 Å². The number of methoxy groups -OCH3 is 1. The first-order valence-electron chi connectivity index (χ1n) is 9.87. The molecule has 3 rings (SSSR count). The molecule has 0 aliphatic heterocycles. The number of pyridine rings is 1. The Morgan fingerprint density at radius 3 is 2.53 bits per heavy atom. The van der Waals surface area contributed by atoms with Crippen molar-refractivity contribution in [2.75, 3.05) is 14.2 Å². The van der Waals surface area contributed by atoms with Crippen LogP contribution in [0.15, 0.2) is 71.9 Å². The molecule has 6 nitrogen and oxygen atoms in total. The maximum atomic E-state index is 5.81. The largest absolute Gasteiger partial charge is 0.496 e. The first kappa shape index (κ1) is 21.2. The second-order valence-corrected chi connectivity index (χ2v) is 6.87. The highest BCUT2D eigenvalue weighted by Crippen LogP contribution is 2.19. The molecule has 0 fully saturated rings. The molecule has 0 saturated heterocycles. The molecule has 156 valence electrons. The van der Waals surface area contributed by atoms with Gasteiger partial charge in [0.1, 0.15) is 12.4 Å². The minimum absolute atomic E-state index is 0.492. The molecule has 0 radical (unpaired) electrons. The van der Waals surface area contributed by atoms with Crippen LogP contribution >= 0.6 is 0 Å². The van der Waals surface area contributed by atoms with E-state index >= 15 is 0 Å². The Morgan fingerprint density at radius 2 is 1.77 bits per heavy atom. The molecule has 2 N–H and O–H groups in total. The molecule has 30 heavy (non-hydrogen) atoms. The predicted molar refractivity (Wildman–Crippen MR) is 120 cm³/mol. The van der Waals surface area contributed by atoms with Gasteiger partial charge in [-0.05, 0) is 35.7 Å². The van der Waals surface area contributed by atoms with E-state index in [9.17, 15) is 0 Å². The van der Waals surface area contributed by atoms with Crippen molar-refractivity contribution in [1.29, 1.82) is 0 Å². The third-order valence-electron chi connectivity index (χ3n) is 4.60. The molecule has 0 unspecified atom stereocenters. The van der Waals surface area contributed by atoms with Crippen molar-refractivity contribution >= 4 is 5.96 Å². The third-order valence-corrected chi connectivity index (χ3v) is 4.60. The van der Waals surface area contributed by atoms with E-state index in [0.717, 1.165) is 22.4 Å². The van der Waals surface area contributed by atoms with Crippen LogP contribution in [0.1, 0.15) is 22.3 Å². The predicted octanol–water partition coefficient (Wildman–Crippen LogP) is 3.84. The highest BCUT2D eigenvalue weighted by Gasteiger charge is 2.06. The van der Waals surface area contributed by atoms with Crippen molar-refractivity contribution in [3.05, 3.63) is 89.1 Å². The normalized spacial score (nSPS) is 11.1. The number of guanidine groups is 1. The average Bonchev–Trinajstić information content (AvgIpc) is 2.79. The number of nitrogens with zero attached hydrogens (tertiary/aromatic N) is 2. The van der Waals surface area contributed by atoms with E-state index in [0.29, 0.717) is 31.5 Å². The van der Waals surface area contributed by atoms with E-state index in [1.807, 2.05) is 55.5 Å². The van der Waals surface area contributed by atoms with Crippen molar-refractivity contribution in [2.45, 2.75) is 26.6 Å². The Bertz CT molecular complexity index is 974. The van der Waals surface area contributed by atoms with E-state index in [1.54, 1.807) is 20.4 Å². The smallest absolute Gasteiger partial charge is 0.213 e. The molecule has 1 aromatic heterocycles. The monoisotopic (exact) mass is 404 g/mol. The van der Waals surface area contributed by atoms with Crippen LogP contribution in [0.2, 0.25) is 0 Å². The van der Waals surface area contributed by atoms with Crippen LogP contribution in [0.4, 0.5) is 0 Å². The van der Waals surface area contributed by atoms with Crippen LogP contribution in [0.25, 0.3) is 0 Å².